The van der Waals surface area contributed by atoms with Gasteiger partial charge in [-0.3, -0.25) is 0 Å². The normalized spacial score (nSPS) is 12.4. The Morgan fingerprint density at radius 1 is 1.47 bits per heavy atom. The molecule has 1 aromatic carbocycles. The maximum Gasteiger partial charge on any atom is 0.264 e. The van der Waals surface area contributed by atoms with Crippen LogP contribution in [-0.2, 0) is 13.0 Å². The molecule has 0 bridgehead atoms. The summed E-state index contributed by atoms with van der Waals surface area (Å²) >= 11 is 3.41. The third kappa shape index (κ3) is 3.54. The molecule has 1 aromatic heterocycles. The molecule has 0 fully saturated rings. The topological polar surface area (TPSA) is 74.2 Å². The summed E-state index contributed by atoms with van der Waals surface area (Å²) in [5.74, 6) is 1.87. The van der Waals surface area contributed by atoms with Gasteiger partial charge in [-0.1, -0.05) is 34.1 Å². The van der Waals surface area contributed by atoms with Crippen LogP contribution in [-0.4, -0.2) is 10.1 Å². The predicted octanol–water partition coefficient (Wildman–Crippen LogP) is 2.99. The predicted molar refractivity (Wildman–Crippen MR) is 74.8 cm³/mol. The van der Waals surface area contributed by atoms with Gasteiger partial charge >= 0.3 is 0 Å². The average molecular weight is 326 g/mol. The van der Waals surface area contributed by atoms with E-state index in [4.69, 9.17) is 15.0 Å². The monoisotopic (exact) mass is 325 g/mol. The lowest BCUT2D eigenvalue weighted by Gasteiger charge is -2.13. The van der Waals surface area contributed by atoms with Crippen molar-refractivity contribution in [2.24, 2.45) is 5.73 Å². The molecule has 0 saturated heterocycles. The molecule has 6 heteroatoms. The van der Waals surface area contributed by atoms with Gasteiger partial charge in [-0.05, 0) is 19.1 Å². The highest BCUT2D eigenvalue weighted by atomic mass is 79.9. The first kappa shape index (κ1) is 14.0. The van der Waals surface area contributed by atoms with Gasteiger partial charge in [0.2, 0.25) is 0 Å². The number of hydrogen-bond acceptors (Lipinski definition) is 5. The Morgan fingerprint density at radius 3 is 2.89 bits per heavy atom. The van der Waals surface area contributed by atoms with Gasteiger partial charge in [0, 0.05) is 22.5 Å². The van der Waals surface area contributed by atoms with E-state index in [1.807, 2.05) is 32.0 Å². The second-order valence-corrected chi connectivity index (χ2v) is 5.13. The van der Waals surface area contributed by atoms with Crippen LogP contribution in [0.15, 0.2) is 27.2 Å². The maximum absolute atomic E-state index is 5.91. The van der Waals surface area contributed by atoms with Crippen LogP contribution < -0.4 is 10.5 Å². The van der Waals surface area contributed by atoms with Gasteiger partial charge in [-0.15, -0.1) is 0 Å². The number of halogens is 1. The summed E-state index contributed by atoms with van der Waals surface area (Å²) in [6, 6.07) is 5.66. The first-order chi connectivity index (χ1) is 9.10. The van der Waals surface area contributed by atoms with Crippen molar-refractivity contribution in [1.82, 2.24) is 10.1 Å². The molecule has 2 rings (SSSR count). The number of nitrogens with two attached hydrogens (primary N) is 1. The van der Waals surface area contributed by atoms with Crippen LogP contribution >= 0.6 is 15.9 Å². The molecule has 0 amide bonds. The van der Waals surface area contributed by atoms with Crippen LogP contribution in [0, 0.1) is 0 Å². The Balaban J connectivity index is 2.12. The summed E-state index contributed by atoms with van der Waals surface area (Å²) in [5.41, 5.74) is 6.86. The molecule has 0 radical (unpaired) electrons. The number of nitrogens with zero attached hydrogens (tertiary/aromatic N) is 2. The van der Waals surface area contributed by atoms with E-state index in [-0.39, 0.29) is 12.6 Å². The van der Waals surface area contributed by atoms with Crippen molar-refractivity contribution in [1.29, 1.82) is 0 Å². The van der Waals surface area contributed by atoms with Crippen LogP contribution in [0.25, 0.3) is 0 Å². The quantitative estimate of drug-likeness (QED) is 0.914. The summed E-state index contributed by atoms with van der Waals surface area (Å²) < 4.78 is 11.7. The third-order valence-corrected chi connectivity index (χ3v) is 3.14. The van der Waals surface area contributed by atoms with E-state index in [2.05, 4.69) is 26.1 Å². The van der Waals surface area contributed by atoms with Gasteiger partial charge in [-0.25, -0.2) is 0 Å². The fourth-order valence-corrected chi connectivity index (χ4v) is 1.98. The zero-order chi connectivity index (χ0) is 13.8. The van der Waals surface area contributed by atoms with Gasteiger partial charge in [0.1, 0.15) is 5.75 Å². The molecule has 2 aromatic rings. The summed E-state index contributed by atoms with van der Waals surface area (Å²) in [6.07, 6.45) is 0.742. The number of aromatic nitrogens is 2. The van der Waals surface area contributed by atoms with Crippen molar-refractivity contribution in [2.45, 2.75) is 32.9 Å². The lowest BCUT2D eigenvalue weighted by Crippen LogP contribution is -2.08. The van der Waals surface area contributed by atoms with E-state index in [1.54, 1.807) is 0 Å². The highest BCUT2D eigenvalue weighted by molar-refractivity contribution is 9.10. The zero-order valence-electron chi connectivity index (χ0n) is 10.9. The van der Waals surface area contributed by atoms with Crippen LogP contribution in [0.4, 0.5) is 0 Å². The molecule has 0 saturated carbocycles. The van der Waals surface area contributed by atoms with Gasteiger partial charge in [-0.2, -0.15) is 4.98 Å². The summed E-state index contributed by atoms with van der Waals surface area (Å²) in [5, 5.41) is 3.82. The van der Waals surface area contributed by atoms with E-state index in [0.717, 1.165) is 22.2 Å². The van der Waals surface area contributed by atoms with E-state index in [9.17, 15) is 0 Å². The molecule has 0 aliphatic rings. The SMILES string of the molecule is CCc1noc(COc2cc(Br)ccc2[C@@H](C)N)n1. The smallest absolute Gasteiger partial charge is 0.264 e. The third-order valence-electron chi connectivity index (χ3n) is 2.64. The molecule has 5 nitrogen and oxygen atoms in total. The van der Waals surface area contributed by atoms with Crippen LogP contribution in [0.2, 0.25) is 0 Å². The Hall–Kier alpha value is -1.40. The largest absolute Gasteiger partial charge is 0.483 e. The Labute approximate surface area is 120 Å². The minimum Gasteiger partial charge on any atom is -0.483 e. The fraction of sp³-hybridized carbons (Fsp3) is 0.385. The molecular weight excluding hydrogens is 310 g/mol. The first-order valence-corrected chi connectivity index (χ1v) is 6.88. The molecule has 1 heterocycles. The Bertz CT molecular complexity index is 555. The van der Waals surface area contributed by atoms with Crippen molar-refractivity contribution in [3.63, 3.8) is 0 Å². The minimum atomic E-state index is -0.100. The van der Waals surface area contributed by atoms with Crippen molar-refractivity contribution >= 4 is 15.9 Å². The van der Waals surface area contributed by atoms with Gasteiger partial charge in [0.15, 0.2) is 12.4 Å². The molecule has 0 aliphatic carbocycles. The zero-order valence-corrected chi connectivity index (χ0v) is 12.5. The maximum atomic E-state index is 5.91. The lowest BCUT2D eigenvalue weighted by molar-refractivity contribution is 0.240. The summed E-state index contributed by atoms with van der Waals surface area (Å²) in [6.45, 7) is 4.12. The van der Waals surface area contributed by atoms with Crippen molar-refractivity contribution < 1.29 is 9.26 Å². The number of rotatable bonds is 5. The average Bonchev–Trinajstić information content (AvgIpc) is 2.84. The highest BCUT2D eigenvalue weighted by Crippen LogP contribution is 2.28. The van der Waals surface area contributed by atoms with E-state index < -0.39 is 0 Å². The molecule has 0 aliphatic heterocycles. The first-order valence-electron chi connectivity index (χ1n) is 6.09. The Kier molecular flexibility index (Phi) is 4.55. The molecule has 1 atom stereocenters. The second-order valence-electron chi connectivity index (χ2n) is 4.22. The molecule has 0 unspecified atom stereocenters. The van der Waals surface area contributed by atoms with Gasteiger partial charge in [0.25, 0.3) is 5.89 Å². The number of aryl methyl sites for hydroxylation is 1. The van der Waals surface area contributed by atoms with Gasteiger partial charge < -0.3 is 15.0 Å². The second kappa shape index (κ2) is 6.16. The fourth-order valence-electron chi connectivity index (χ4n) is 1.64. The van der Waals surface area contributed by atoms with Crippen molar-refractivity contribution in [2.75, 3.05) is 0 Å². The molecular formula is C13H16BrN3O2. The van der Waals surface area contributed by atoms with Crippen molar-refractivity contribution in [3.8, 4) is 5.75 Å². The summed E-state index contributed by atoms with van der Waals surface area (Å²) in [7, 11) is 0. The number of hydrogen-bond donors (Lipinski definition) is 1. The Morgan fingerprint density at radius 2 is 2.26 bits per heavy atom. The lowest BCUT2D eigenvalue weighted by atomic mass is 10.1. The summed E-state index contributed by atoms with van der Waals surface area (Å²) in [4.78, 5) is 4.20. The minimum absolute atomic E-state index is 0.100. The van der Waals surface area contributed by atoms with Gasteiger partial charge in [0.05, 0.1) is 0 Å². The number of ether oxygens (including phenoxy) is 1. The van der Waals surface area contributed by atoms with E-state index >= 15 is 0 Å². The molecule has 2 N–H and O–H groups in total. The van der Waals surface area contributed by atoms with Crippen molar-refractivity contribution in [3.05, 3.63) is 40.0 Å². The van der Waals surface area contributed by atoms with Crippen LogP contribution in [0.5, 0.6) is 5.75 Å². The molecule has 0 spiro atoms. The molecule has 19 heavy (non-hydrogen) atoms. The standard InChI is InChI=1S/C13H16BrN3O2/c1-3-12-16-13(19-17-12)7-18-11-6-9(14)4-5-10(11)8(2)15/h4-6,8H,3,7,15H2,1-2H3/t8-/m1/s1. The highest BCUT2D eigenvalue weighted by Gasteiger charge is 2.11. The van der Waals surface area contributed by atoms with Crippen LogP contribution in [0.1, 0.15) is 37.2 Å². The number of benzene rings is 1. The van der Waals surface area contributed by atoms with Crippen LogP contribution in [0.3, 0.4) is 0 Å². The van der Waals surface area contributed by atoms with E-state index in [1.165, 1.54) is 0 Å². The van der Waals surface area contributed by atoms with E-state index in [0.29, 0.717) is 11.7 Å². The molecule has 102 valence electrons.